The molecule has 19 heavy (non-hydrogen) atoms. The Morgan fingerprint density at radius 2 is 1.84 bits per heavy atom. The molecule has 2 unspecified atom stereocenters. The Labute approximate surface area is 111 Å². The summed E-state index contributed by atoms with van der Waals surface area (Å²) >= 11 is 0. The normalized spacial score (nSPS) is 21.9. The molecule has 1 aromatic carbocycles. The molecule has 0 bridgehead atoms. The van der Waals surface area contributed by atoms with Crippen LogP contribution in [0.25, 0.3) is 0 Å². The Morgan fingerprint density at radius 1 is 1.21 bits per heavy atom. The summed E-state index contributed by atoms with van der Waals surface area (Å²) in [6.07, 6.45) is 2.01. The lowest BCUT2D eigenvalue weighted by molar-refractivity contribution is -0.145. The van der Waals surface area contributed by atoms with E-state index >= 15 is 0 Å². The van der Waals surface area contributed by atoms with Gasteiger partial charge in [0.05, 0.1) is 18.9 Å². The highest BCUT2D eigenvalue weighted by molar-refractivity contribution is 5.95. The van der Waals surface area contributed by atoms with Crippen molar-refractivity contribution in [3.63, 3.8) is 0 Å². The molecule has 0 heterocycles. The molecule has 0 aliphatic heterocycles. The van der Waals surface area contributed by atoms with Crippen LogP contribution in [0.1, 0.15) is 19.3 Å². The van der Waals surface area contributed by atoms with Gasteiger partial charge in [-0.3, -0.25) is 9.59 Å². The minimum absolute atomic E-state index is 0.213. The third kappa shape index (κ3) is 3.05. The summed E-state index contributed by atoms with van der Waals surface area (Å²) in [5.41, 5.74) is 0.654. The molecular weight excluding hydrogens is 246 g/mol. The third-order valence-electron chi connectivity index (χ3n) is 3.53. The van der Waals surface area contributed by atoms with Gasteiger partial charge in [-0.15, -0.1) is 0 Å². The van der Waals surface area contributed by atoms with Crippen LogP contribution in [0.4, 0.5) is 5.69 Å². The largest absolute Gasteiger partial charge is 0.497 e. The number of methoxy groups -OCH3 is 1. The Bertz CT molecular complexity index is 469. The van der Waals surface area contributed by atoms with E-state index in [1.807, 2.05) is 0 Å². The van der Waals surface area contributed by atoms with E-state index in [9.17, 15) is 9.59 Å². The smallest absolute Gasteiger partial charge is 0.307 e. The van der Waals surface area contributed by atoms with Crippen molar-refractivity contribution in [3.8, 4) is 5.75 Å². The Hall–Kier alpha value is -2.04. The summed E-state index contributed by atoms with van der Waals surface area (Å²) in [6.45, 7) is 0. The molecule has 1 aromatic rings. The summed E-state index contributed by atoms with van der Waals surface area (Å²) < 4.78 is 5.03. The number of hydrogen-bond acceptors (Lipinski definition) is 3. The third-order valence-corrected chi connectivity index (χ3v) is 3.53. The molecule has 102 valence electrons. The fraction of sp³-hybridized carbons (Fsp3) is 0.429. The molecule has 5 nitrogen and oxygen atoms in total. The zero-order chi connectivity index (χ0) is 13.8. The number of carbonyl (C=O) groups excluding carboxylic acids is 1. The number of carboxylic acids is 1. The van der Waals surface area contributed by atoms with Crippen molar-refractivity contribution in [1.29, 1.82) is 0 Å². The molecule has 1 aliphatic carbocycles. The second-order valence-corrected chi connectivity index (χ2v) is 4.70. The highest BCUT2D eigenvalue weighted by atomic mass is 16.5. The van der Waals surface area contributed by atoms with Gasteiger partial charge in [0.25, 0.3) is 0 Å². The molecule has 1 amide bonds. The maximum absolute atomic E-state index is 12.1. The molecule has 2 N–H and O–H groups in total. The van der Waals surface area contributed by atoms with E-state index in [0.717, 1.165) is 6.42 Å². The van der Waals surface area contributed by atoms with Crippen LogP contribution in [0.2, 0.25) is 0 Å². The van der Waals surface area contributed by atoms with Crippen LogP contribution in [-0.4, -0.2) is 24.1 Å². The monoisotopic (exact) mass is 263 g/mol. The molecule has 5 heteroatoms. The quantitative estimate of drug-likeness (QED) is 0.872. The maximum Gasteiger partial charge on any atom is 0.307 e. The average Bonchev–Trinajstić information content (AvgIpc) is 2.89. The van der Waals surface area contributed by atoms with Crippen molar-refractivity contribution < 1.29 is 19.4 Å². The Morgan fingerprint density at radius 3 is 2.42 bits per heavy atom. The summed E-state index contributed by atoms with van der Waals surface area (Å²) in [5.74, 6) is -1.37. The van der Waals surface area contributed by atoms with Crippen LogP contribution < -0.4 is 10.1 Å². The molecule has 1 fully saturated rings. The second kappa shape index (κ2) is 5.73. The van der Waals surface area contributed by atoms with E-state index in [0.29, 0.717) is 24.3 Å². The van der Waals surface area contributed by atoms with Crippen LogP contribution in [-0.2, 0) is 9.59 Å². The van der Waals surface area contributed by atoms with Gasteiger partial charge in [0.2, 0.25) is 5.91 Å². The van der Waals surface area contributed by atoms with Crippen molar-refractivity contribution in [2.75, 3.05) is 12.4 Å². The Kier molecular flexibility index (Phi) is 4.04. The number of carboxylic acid groups (broad SMARTS) is 1. The standard InChI is InChI=1S/C14H17NO4/c1-19-10-7-5-9(6-8-10)15-13(16)11-3-2-4-12(11)14(17)18/h5-8,11-12H,2-4H2,1H3,(H,15,16)(H,17,18). The first-order chi connectivity index (χ1) is 9.11. The molecule has 1 aliphatic rings. The predicted octanol–water partition coefficient (Wildman–Crippen LogP) is 2.13. The predicted molar refractivity (Wildman–Crippen MR) is 70.1 cm³/mol. The fourth-order valence-corrected chi connectivity index (χ4v) is 2.48. The van der Waals surface area contributed by atoms with Crippen LogP contribution in [0.5, 0.6) is 5.75 Å². The van der Waals surface area contributed by atoms with Gasteiger partial charge >= 0.3 is 5.97 Å². The number of benzene rings is 1. The number of aliphatic carboxylic acids is 1. The van der Waals surface area contributed by atoms with Crippen LogP contribution in [0.3, 0.4) is 0 Å². The highest BCUT2D eigenvalue weighted by Crippen LogP contribution is 2.32. The zero-order valence-corrected chi connectivity index (χ0v) is 10.8. The van der Waals surface area contributed by atoms with Gasteiger partial charge in [0.1, 0.15) is 5.75 Å². The van der Waals surface area contributed by atoms with Crippen molar-refractivity contribution in [2.45, 2.75) is 19.3 Å². The number of amides is 1. The van der Waals surface area contributed by atoms with Gasteiger partial charge < -0.3 is 15.2 Å². The number of anilines is 1. The van der Waals surface area contributed by atoms with E-state index in [1.54, 1.807) is 31.4 Å². The molecule has 0 aromatic heterocycles. The minimum Gasteiger partial charge on any atom is -0.497 e. The van der Waals surface area contributed by atoms with Gasteiger partial charge in [0, 0.05) is 5.69 Å². The number of hydrogen-bond donors (Lipinski definition) is 2. The van der Waals surface area contributed by atoms with Crippen molar-refractivity contribution >= 4 is 17.6 Å². The molecule has 2 rings (SSSR count). The van der Waals surface area contributed by atoms with E-state index < -0.39 is 17.8 Å². The van der Waals surface area contributed by atoms with Gasteiger partial charge in [-0.1, -0.05) is 6.42 Å². The fourth-order valence-electron chi connectivity index (χ4n) is 2.48. The molecule has 1 saturated carbocycles. The van der Waals surface area contributed by atoms with Crippen LogP contribution in [0.15, 0.2) is 24.3 Å². The number of nitrogens with one attached hydrogen (secondary N) is 1. The SMILES string of the molecule is COc1ccc(NC(=O)C2CCCC2C(=O)O)cc1. The van der Waals surface area contributed by atoms with Crippen molar-refractivity contribution in [1.82, 2.24) is 0 Å². The average molecular weight is 263 g/mol. The van der Waals surface area contributed by atoms with E-state index in [2.05, 4.69) is 5.32 Å². The van der Waals surface area contributed by atoms with Gasteiger partial charge in [-0.05, 0) is 37.1 Å². The zero-order valence-electron chi connectivity index (χ0n) is 10.8. The van der Waals surface area contributed by atoms with Gasteiger partial charge in [0.15, 0.2) is 0 Å². The topological polar surface area (TPSA) is 75.6 Å². The lowest BCUT2D eigenvalue weighted by atomic mass is 9.95. The molecule has 0 saturated heterocycles. The summed E-state index contributed by atoms with van der Waals surface area (Å²) in [7, 11) is 1.57. The van der Waals surface area contributed by atoms with E-state index in [1.165, 1.54) is 0 Å². The number of rotatable bonds is 4. The summed E-state index contributed by atoms with van der Waals surface area (Å²) in [5, 5.41) is 11.8. The van der Waals surface area contributed by atoms with Gasteiger partial charge in [-0.25, -0.2) is 0 Å². The van der Waals surface area contributed by atoms with E-state index in [4.69, 9.17) is 9.84 Å². The lowest BCUT2D eigenvalue weighted by Crippen LogP contribution is -2.29. The van der Waals surface area contributed by atoms with Crippen molar-refractivity contribution in [3.05, 3.63) is 24.3 Å². The number of carbonyl (C=O) groups is 2. The molecule has 0 spiro atoms. The number of ether oxygens (including phenoxy) is 1. The first kappa shape index (κ1) is 13.4. The van der Waals surface area contributed by atoms with Gasteiger partial charge in [-0.2, -0.15) is 0 Å². The Balaban J connectivity index is 2.01. The minimum atomic E-state index is -0.882. The summed E-state index contributed by atoms with van der Waals surface area (Å²) in [6, 6.07) is 6.97. The van der Waals surface area contributed by atoms with E-state index in [-0.39, 0.29) is 5.91 Å². The maximum atomic E-state index is 12.1. The summed E-state index contributed by atoms with van der Waals surface area (Å²) in [4.78, 5) is 23.1. The van der Waals surface area contributed by atoms with Crippen LogP contribution in [0, 0.1) is 11.8 Å². The first-order valence-corrected chi connectivity index (χ1v) is 6.29. The highest BCUT2D eigenvalue weighted by Gasteiger charge is 2.37. The molecular formula is C14H17NO4. The van der Waals surface area contributed by atoms with Crippen molar-refractivity contribution in [2.24, 2.45) is 11.8 Å². The second-order valence-electron chi connectivity index (χ2n) is 4.70. The molecule has 2 atom stereocenters. The van der Waals surface area contributed by atoms with Crippen LogP contribution >= 0.6 is 0 Å². The first-order valence-electron chi connectivity index (χ1n) is 6.29. The lowest BCUT2D eigenvalue weighted by Gasteiger charge is -2.15. The molecule has 0 radical (unpaired) electrons.